The molecule has 0 aliphatic carbocycles. The predicted octanol–water partition coefficient (Wildman–Crippen LogP) is 12.5. The van der Waals surface area contributed by atoms with E-state index in [1.807, 2.05) is 137 Å². The van der Waals surface area contributed by atoms with E-state index in [0.717, 1.165) is 67.1 Å². The average molecular weight is 831 g/mol. The molecule has 8 nitrogen and oxygen atoms in total. The molecule has 0 radical (unpaired) electrons. The Hall–Kier alpha value is -7.06. The molecule has 6 aromatic carbocycles. The third-order valence-electron chi connectivity index (χ3n) is 10.1. The Bertz CT molecular complexity index is 2300. The molecule has 0 bridgehead atoms. The molecule has 318 valence electrons. The summed E-state index contributed by atoms with van der Waals surface area (Å²) in [7, 11) is 0. The summed E-state index contributed by atoms with van der Waals surface area (Å²) in [5.74, 6) is 1.64. The molecule has 0 aliphatic heterocycles. The zero-order chi connectivity index (χ0) is 44.2. The molecule has 0 fully saturated rings. The van der Waals surface area contributed by atoms with E-state index >= 15 is 0 Å². The molecule has 0 N–H and O–H groups in total. The van der Waals surface area contributed by atoms with E-state index in [0.29, 0.717) is 11.5 Å². The van der Waals surface area contributed by atoms with E-state index < -0.39 is 24.5 Å². The normalized spacial score (nSPS) is 11.8. The fourth-order valence-electron chi connectivity index (χ4n) is 7.06. The number of carbonyl (C=O) groups is 2. The van der Waals surface area contributed by atoms with Crippen molar-refractivity contribution in [2.75, 3.05) is 13.2 Å². The summed E-state index contributed by atoms with van der Waals surface area (Å²) < 4.78 is 36.8. The van der Waals surface area contributed by atoms with Crippen LogP contribution in [0.15, 0.2) is 158 Å². The molecule has 8 heteroatoms. The Morgan fingerprint density at radius 1 is 0.468 bits per heavy atom. The Balaban J connectivity index is 1.12. The summed E-state index contributed by atoms with van der Waals surface area (Å²) in [6.07, 6.45) is -1.24. The SMILES string of the molecule is C=C(C)C(=O)OC(CCOc1c(C)cc(-c2cc(C)c(OCCC(OC(=O)C(=C)C)Oc3ccccc3-c3ccccc3)c(C)c2)cc1C)Oc1ccccc1-c1ccccc1. The first kappa shape index (κ1) is 44.5. The number of rotatable bonds is 19. The summed E-state index contributed by atoms with van der Waals surface area (Å²) in [4.78, 5) is 25.3. The fourth-order valence-corrected chi connectivity index (χ4v) is 7.06. The quantitative estimate of drug-likeness (QED) is 0.0453. The van der Waals surface area contributed by atoms with Crippen molar-refractivity contribution in [2.24, 2.45) is 0 Å². The second-order valence-electron chi connectivity index (χ2n) is 15.3. The van der Waals surface area contributed by atoms with Crippen LogP contribution in [-0.4, -0.2) is 37.7 Å². The minimum absolute atomic E-state index is 0.241. The highest BCUT2D eigenvalue weighted by molar-refractivity contribution is 5.87. The van der Waals surface area contributed by atoms with E-state index in [4.69, 9.17) is 28.4 Å². The van der Waals surface area contributed by atoms with Crippen LogP contribution in [0, 0.1) is 27.7 Å². The Morgan fingerprint density at radius 3 is 1.13 bits per heavy atom. The van der Waals surface area contributed by atoms with Crippen molar-refractivity contribution in [1.29, 1.82) is 0 Å². The van der Waals surface area contributed by atoms with Gasteiger partial charge in [0, 0.05) is 22.3 Å². The van der Waals surface area contributed by atoms with Crippen molar-refractivity contribution in [3.63, 3.8) is 0 Å². The number of hydrogen-bond donors (Lipinski definition) is 0. The molecule has 62 heavy (non-hydrogen) atoms. The van der Waals surface area contributed by atoms with E-state index in [9.17, 15) is 9.59 Å². The molecule has 0 aromatic heterocycles. The zero-order valence-corrected chi connectivity index (χ0v) is 36.4. The molecule has 0 saturated heterocycles. The van der Waals surface area contributed by atoms with Crippen LogP contribution in [0.5, 0.6) is 23.0 Å². The Kier molecular flexibility index (Phi) is 15.0. The number of ether oxygens (including phenoxy) is 6. The lowest BCUT2D eigenvalue weighted by molar-refractivity contribution is -0.161. The van der Waals surface area contributed by atoms with E-state index in [1.165, 1.54) is 0 Å². The highest BCUT2D eigenvalue weighted by atomic mass is 16.7. The Morgan fingerprint density at radius 2 is 0.790 bits per heavy atom. The van der Waals surface area contributed by atoms with Crippen LogP contribution >= 0.6 is 0 Å². The van der Waals surface area contributed by atoms with Crippen molar-refractivity contribution in [3.8, 4) is 56.4 Å². The van der Waals surface area contributed by atoms with Gasteiger partial charge in [0.05, 0.1) is 26.1 Å². The fraction of sp³-hybridized carbons (Fsp3) is 0.222. The average Bonchev–Trinajstić information content (AvgIpc) is 3.26. The van der Waals surface area contributed by atoms with Crippen LogP contribution in [-0.2, 0) is 19.1 Å². The molecular formula is C54H54O8. The van der Waals surface area contributed by atoms with Crippen molar-refractivity contribution in [1.82, 2.24) is 0 Å². The van der Waals surface area contributed by atoms with Gasteiger partial charge in [-0.05, 0) is 122 Å². The largest absolute Gasteiger partial charge is 0.493 e. The van der Waals surface area contributed by atoms with E-state index in [2.05, 4.69) is 37.4 Å². The van der Waals surface area contributed by atoms with Gasteiger partial charge in [-0.2, -0.15) is 0 Å². The highest BCUT2D eigenvalue weighted by Crippen LogP contribution is 2.36. The summed E-state index contributed by atoms with van der Waals surface area (Å²) in [5, 5.41) is 0. The van der Waals surface area contributed by atoms with Crippen molar-refractivity contribution < 1.29 is 38.0 Å². The second kappa shape index (κ2) is 21.0. The van der Waals surface area contributed by atoms with Crippen LogP contribution in [0.1, 0.15) is 48.9 Å². The van der Waals surface area contributed by atoms with Crippen LogP contribution in [0.4, 0.5) is 0 Å². The lowest BCUT2D eigenvalue weighted by Gasteiger charge is -2.22. The van der Waals surface area contributed by atoms with Crippen LogP contribution in [0.3, 0.4) is 0 Å². The maximum Gasteiger partial charge on any atom is 0.336 e. The smallest absolute Gasteiger partial charge is 0.336 e. The first-order valence-corrected chi connectivity index (χ1v) is 20.7. The van der Waals surface area contributed by atoms with E-state index in [-0.39, 0.29) is 37.2 Å². The van der Waals surface area contributed by atoms with Gasteiger partial charge in [-0.1, -0.05) is 110 Å². The van der Waals surface area contributed by atoms with Gasteiger partial charge in [0.1, 0.15) is 23.0 Å². The number of benzene rings is 6. The zero-order valence-electron chi connectivity index (χ0n) is 36.4. The summed E-state index contributed by atoms with van der Waals surface area (Å²) >= 11 is 0. The molecule has 0 heterocycles. The van der Waals surface area contributed by atoms with Gasteiger partial charge >= 0.3 is 11.9 Å². The lowest BCUT2D eigenvalue weighted by Crippen LogP contribution is -2.27. The predicted molar refractivity (Wildman–Crippen MR) is 245 cm³/mol. The van der Waals surface area contributed by atoms with Crippen molar-refractivity contribution in [2.45, 2.75) is 67.0 Å². The third-order valence-corrected chi connectivity index (χ3v) is 10.1. The molecule has 0 amide bonds. The van der Waals surface area contributed by atoms with Gasteiger partial charge in [-0.15, -0.1) is 0 Å². The molecule has 2 atom stereocenters. The first-order valence-electron chi connectivity index (χ1n) is 20.7. The molecule has 2 unspecified atom stereocenters. The molecule has 6 rings (SSSR count). The first-order chi connectivity index (χ1) is 29.9. The number of carbonyl (C=O) groups excluding carboxylic acids is 2. The summed E-state index contributed by atoms with van der Waals surface area (Å²) in [6, 6.07) is 43.6. The van der Waals surface area contributed by atoms with Gasteiger partial charge < -0.3 is 28.4 Å². The van der Waals surface area contributed by atoms with Crippen LogP contribution < -0.4 is 18.9 Å². The number of aryl methyl sites for hydroxylation is 4. The highest BCUT2D eigenvalue weighted by Gasteiger charge is 2.22. The third kappa shape index (κ3) is 11.6. The van der Waals surface area contributed by atoms with Crippen LogP contribution in [0.2, 0.25) is 0 Å². The van der Waals surface area contributed by atoms with Gasteiger partial charge in [0.25, 0.3) is 0 Å². The van der Waals surface area contributed by atoms with Crippen molar-refractivity contribution >= 4 is 11.9 Å². The maximum atomic E-state index is 12.7. The lowest BCUT2D eigenvalue weighted by atomic mass is 9.96. The molecule has 0 saturated carbocycles. The van der Waals surface area contributed by atoms with Crippen LogP contribution in [0.25, 0.3) is 33.4 Å². The van der Waals surface area contributed by atoms with Crippen molar-refractivity contribution in [3.05, 3.63) is 180 Å². The monoisotopic (exact) mass is 830 g/mol. The standard InChI is InChI=1S/C54H54O8/c1-35(2)53(55)61-49(59-47-25-17-15-23-45(47)41-19-11-9-12-20-41)27-29-57-51-37(5)31-43(32-38(51)6)44-33-39(7)52(40(8)34-44)58-30-28-50(62-54(56)36(3)4)60-48-26-18-16-24-46(48)42-21-13-10-14-22-42/h9-26,31-34,49-50H,1,3,27-30H2,2,4-8H3. The second-order valence-corrected chi connectivity index (χ2v) is 15.3. The summed E-state index contributed by atoms with van der Waals surface area (Å²) in [5.41, 5.74) is 10.2. The maximum absolute atomic E-state index is 12.7. The molecule has 6 aromatic rings. The number of esters is 2. The number of hydrogen-bond acceptors (Lipinski definition) is 8. The van der Waals surface area contributed by atoms with Gasteiger partial charge in [-0.3, -0.25) is 0 Å². The topological polar surface area (TPSA) is 89.5 Å². The minimum Gasteiger partial charge on any atom is -0.493 e. The molecule has 0 spiro atoms. The number of para-hydroxylation sites is 2. The molecular weight excluding hydrogens is 777 g/mol. The Labute approximate surface area is 365 Å². The minimum atomic E-state index is -0.906. The van der Waals surface area contributed by atoms with Gasteiger partial charge in [0.2, 0.25) is 12.6 Å². The summed E-state index contributed by atoms with van der Waals surface area (Å²) in [6.45, 7) is 19.3. The van der Waals surface area contributed by atoms with E-state index in [1.54, 1.807) is 13.8 Å². The van der Waals surface area contributed by atoms with Gasteiger partial charge in [-0.25, -0.2) is 9.59 Å². The molecule has 0 aliphatic rings. The van der Waals surface area contributed by atoms with Gasteiger partial charge in [0.15, 0.2) is 0 Å².